The third-order valence-corrected chi connectivity index (χ3v) is 4.16. The predicted molar refractivity (Wildman–Crippen MR) is 75.9 cm³/mol. The molecule has 0 aliphatic heterocycles. The number of hydrogen-bond acceptors (Lipinski definition) is 4. The maximum absolute atomic E-state index is 12.0. The van der Waals surface area contributed by atoms with Crippen LogP contribution < -0.4 is 4.72 Å². The molecule has 0 saturated carbocycles. The second-order valence-corrected chi connectivity index (χ2v) is 6.29. The van der Waals surface area contributed by atoms with E-state index in [4.69, 9.17) is 5.11 Å². The molecule has 0 spiro atoms. The van der Waals surface area contributed by atoms with Gasteiger partial charge in [-0.15, -0.1) is 0 Å². The zero-order valence-electron chi connectivity index (χ0n) is 11.1. The zero-order valence-corrected chi connectivity index (χ0v) is 11.9. The van der Waals surface area contributed by atoms with E-state index in [1.165, 1.54) is 12.5 Å². The number of aromatic nitrogens is 2. The lowest BCUT2D eigenvalue weighted by Crippen LogP contribution is -2.42. The summed E-state index contributed by atoms with van der Waals surface area (Å²) >= 11 is 0. The molecule has 1 atom stereocenters. The van der Waals surface area contributed by atoms with Crippen molar-refractivity contribution in [2.45, 2.75) is 18.2 Å². The first-order valence-corrected chi connectivity index (χ1v) is 7.85. The Bertz CT molecular complexity index is 683. The van der Waals surface area contributed by atoms with E-state index in [-0.39, 0.29) is 12.2 Å². The number of benzene rings is 1. The van der Waals surface area contributed by atoms with Gasteiger partial charge in [0.25, 0.3) is 0 Å². The number of nitrogens with zero attached hydrogens (tertiary/aromatic N) is 1. The summed E-state index contributed by atoms with van der Waals surface area (Å²) in [6, 6.07) is 7.34. The molecule has 0 unspecified atom stereocenters. The topological polar surface area (TPSA) is 112 Å². The van der Waals surface area contributed by atoms with E-state index >= 15 is 0 Å². The van der Waals surface area contributed by atoms with Crippen LogP contribution in [0.3, 0.4) is 0 Å². The Morgan fingerprint density at radius 2 is 2.05 bits per heavy atom. The van der Waals surface area contributed by atoms with Crippen molar-refractivity contribution in [2.24, 2.45) is 0 Å². The van der Waals surface area contributed by atoms with Gasteiger partial charge >= 0.3 is 5.97 Å². The van der Waals surface area contributed by atoms with Crippen molar-refractivity contribution < 1.29 is 18.3 Å². The number of carbonyl (C=O) groups is 1. The first-order chi connectivity index (χ1) is 9.96. The second kappa shape index (κ2) is 6.51. The molecule has 3 N–H and O–H groups in total. The van der Waals surface area contributed by atoms with E-state index in [1.54, 1.807) is 30.3 Å². The van der Waals surface area contributed by atoms with Gasteiger partial charge in [0.1, 0.15) is 6.04 Å². The lowest BCUT2D eigenvalue weighted by atomic mass is 10.2. The number of carboxylic acid groups (broad SMARTS) is 1. The Hall–Kier alpha value is -2.19. The van der Waals surface area contributed by atoms with Crippen molar-refractivity contribution in [3.05, 3.63) is 54.1 Å². The molecule has 0 radical (unpaired) electrons. The number of aromatic amines is 1. The van der Waals surface area contributed by atoms with Crippen LogP contribution in [0.25, 0.3) is 0 Å². The van der Waals surface area contributed by atoms with Gasteiger partial charge < -0.3 is 10.1 Å². The summed E-state index contributed by atoms with van der Waals surface area (Å²) in [6.07, 6.45) is 2.87. The molecule has 0 aliphatic carbocycles. The molecule has 8 heteroatoms. The molecule has 7 nitrogen and oxygen atoms in total. The van der Waals surface area contributed by atoms with Crippen LogP contribution in [-0.2, 0) is 27.0 Å². The Kier molecular flexibility index (Phi) is 4.71. The Morgan fingerprint density at radius 3 is 2.62 bits per heavy atom. The summed E-state index contributed by atoms with van der Waals surface area (Å²) in [5.74, 6) is -1.50. The number of carboxylic acids is 1. The molecule has 0 fully saturated rings. The Labute approximate surface area is 122 Å². The molecule has 0 aliphatic rings. The van der Waals surface area contributed by atoms with Crippen molar-refractivity contribution in [2.75, 3.05) is 0 Å². The second-order valence-electron chi connectivity index (χ2n) is 4.53. The molecule has 1 heterocycles. The van der Waals surface area contributed by atoms with E-state index in [0.717, 1.165) is 0 Å². The van der Waals surface area contributed by atoms with Crippen LogP contribution in [0.1, 0.15) is 11.3 Å². The van der Waals surface area contributed by atoms with Gasteiger partial charge in [-0.3, -0.25) is 4.79 Å². The molecule has 0 bridgehead atoms. The van der Waals surface area contributed by atoms with E-state index in [0.29, 0.717) is 11.3 Å². The molecule has 112 valence electrons. The summed E-state index contributed by atoms with van der Waals surface area (Å²) < 4.78 is 26.3. The van der Waals surface area contributed by atoms with Crippen molar-refractivity contribution >= 4 is 16.0 Å². The van der Waals surface area contributed by atoms with Gasteiger partial charge in [0.05, 0.1) is 12.1 Å². The van der Waals surface area contributed by atoms with Crippen molar-refractivity contribution in [3.63, 3.8) is 0 Å². The fraction of sp³-hybridized carbons (Fsp3) is 0.231. The van der Waals surface area contributed by atoms with Gasteiger partial charge in [-0.25, -0.2) is 18.1 Å². The first-order valence-electron chi connectivity index (χ1n) is 6.20. The highest BCUT2D eigenvalue weighted by molar-refractivity contribution is 7.88. The normalized spacial score (nSPS) is 13.0. The molecule has 21 heavy (non-hydrogen) atoms. The van der Waals surface area contributed by atoms with Gasteiger partial charge in [-0.2, -0.15) is 0 Å². The summed E-state index contributed by atoms with van der Waals surface area (Å²) in [4.78, 5) is 17.7. The highest BCUT2D eigenvalue weighted by Gasteiger charge is 2.24. The van der Waals surface area contributed by atoms with Crippen molar-refractivity contribution in [1.82, 2.24) is 14.7 Å². The highest BCUT2D eigenvalue weighted by atomic mass is 32.2. The minimum atomic E-state index is -3.75. The monoisotopic (exact) mass is 309 g/mol. The summed E-state index contributed by atoms with van der Waals surface area (Å²) in [7, 11) is -3.75. The van der Waals surface area contributed by atoms with Crippen LogP contribution in [0.5, 0.6) is 0 Å². The molecule has 0 amide bonds. The van der Waals surface area contributed by atoms with Gasteiger partial charge in [-0.1, -0.05) is 30.3 Å². The predicted octanol–water partition coefficient (Wildman–Crippen LogP) is 0.525. The minimum absolute atomic E-state index is 0.00333. The molecule has 1 aromatic heterocycles. The van der Waals surface area contributed by atoms with Crippen LogP contribution in [0.2, 0.25) is 0 Å². The van der Waals surface area contributed by atoms with Crippen LogP contribution in [-0.4, -0.2) is 35.5 Å². The van der Waals surface area contributed by atoms with Gasteiger partial charge in [0, 0.05) is 18.3 Å². The number of imidazole rings is 1. The van der Waals surface area contributed by atoms with E-state index in [1.807, 2.05) is 0 Å². The van der Waals surface area contributed by atoms with Crippen molar-refractivity contribution in [3.8, 4) is 0 Å². The van der Waals surface area contributed by atoms with Crippen LogP contribution >= 0.6 is 0 Å². The van der Waals surface area contributed by atoms with Gasteiger partial charge in [0.2, 0.25) is 10.0 Å². The highest BCUT2D eigenvalue weighted by Crippen LogP contribution is 2.07. The van der Waals surface area contributed by atoms with Gasteiger partial charge in [-0.05, 0) is 5.56 Å². The average molecular weight is 309 g/mol. The Balaban J connectivity index is 2.07. The SMILES string of the molecule is O=C(O)[C@@H](Cc1cnc[nH]1)NS(=O)(=O)Cc1ccccc1. The maximum Gasteiger partial charge on any atom is 0.322 e. The average Bonchev–Trinajstić information content (AvgIpc) is 2.91. The van der Waals surface area contributed by atoms with Crippen molar-refractivity contribution in [1.29, 1.82) is 0 Å². The van der Waals surface area contributed by atoms with E-state index in [9.17, 15) is 13.2 Å². The zero-order chi connectivity index (χ0) is 15.3. The first kappa shape index (κ1) is 15.2. The summed E-state index contributed by atoms with van der Waals surface area (Å²) in [5, 5.41) is 9.14. The molecular weight excluding hydrogens is 294 g/mol. The Morgan fingerprint density at radius 1 is 1.33 bits per heavy atom. The number of sulfonamides is 1. The fourth-order valence-corrected chi connectivity index (χ4v) is 3.18. The third-order valence-electron chi connectivity index (χ3n) is 2.80. The molecular formula is C13H15N3O4S. The standard InChI is InChI=1S/C13H15N3O4S/c17-13(18)12(6-11-7-14-9-15-11)16-21(19,20)8-10-4-2-1-3-5-10/h1-5,7,9,12,16H,6,8H2,(H,14,15)(H,17,18)/t12-/m1/s1. The fourth-order valence-electron chi connectivity index (χ4n) is 1.85. The molecule has 0 saturated heterocycles. The minimum Gasteiger partial charge on any atom is -0.480 e. The van der Waals surface area contributed by atoms with Crippen LogP contribution in [0.15, 0.2) is 42.9 Å². The number of H-pyrrole nitrogens is 1. The largest absolute Gasteiger partial charge is 0.480 e. The van der Waals surface area contributed by atoms with E-state index in [2.05, 4.69) is 14.7 Å². The molecule has 2 rings (SSSR count). The van der Waals surface area contributed by atoms with Gasteiger partial charge in [0.15, 0.2) is 0 Å². The third kappa shape index (κ3) is 4.69. The van der Waals surface area contributed by atoms with Crippen LogP contribution in [0.4, 0.5) is 0 Å². The summed E-state index contributed by atoms with van der Waals surface area (Å²) in [5.41, 5.74) is 1.14. The number of hydrogen-bond donors (Lipinski definition) is 3. The lowest BCUT2D eigenvalue weighted by molar-refractivity contribution is -0.138. The smallest absolute Gasteiger partial charge is 0.322 e. The summed E-state index contributed by atoms with van der Waals surface area (Å²) in [6.45, 7) is 0. The number of rotatable bonds is 7. The number of aliphatic carboxylic acids is 1. The quantitative estimate of drug-likeness (QED) is 0.690. The van der Waals surface area contributed by atoms with E-state index < -0.39 is 22.0 Å². The maximum atomic E-state index is 12.0. The molecule has 2 aromatic rings. The van der Waals surface area contributed by atoms with Crippen LogP contribution in [0, 0.1) is 0 Å². The lowest BCUT2D eigenvalue weighted by Gasteiger charge is -2.14. The molecule has 1 aromatic carbocycles. The number of nitrogens with one attached hydrogen (secondary N) is 2.